The van der Waals surface area contributed by atoms with Gasteiger partial charge in [0.25, 0.3) is 0 Å². The van der Waals surface area contributed by atoms with Gasteiger partial charge in [-0.15, -0.1) is 0 Å². The van der Waals surface area contributed by atoms with E-state index >= 15 is 0 Å². The lowest BCUT2D eigenvalue weighted by Gasteiger charge is -2.22. The Kier molecular flexibility index (Phi) is 8.04. The highest BCUT2D eigenvalue weighted by molar-refractivity contribution is 8.07. The highest BCUT2D eigenvalue weighted by Gasteiger charge is 2.23. The Hall–Kier alpha value is -0.990. The lowest BCUT2D eigenvalue weighted by Crippen LogP contribution is -2.09. The highest BCUT2D eigenvalue weighted by atomic mass is 35.5. The summed E-state index contributed by atoms with van der Waals surface area (Å²) in [4.78, 5) is 11.8. The van der Waals surface area contributed by atoms with Crippen LogP contribution in [0, 0.1) is 6.92 Å². The summed E-state index contributed by atoms with van der Waals surface area (Å²) >= 11 is 11.4. The summed E-state index contributed by atoms with van der Waals surface area (Å²) in [5.74, 6) is 0.362. The van der Waals surface area contributed by atoms with Gasteiger partial charge >= 0.3 is 12.3 Å². The van der Waals surface area contributed by atoms with E-state index in [4.69, 9.17) is 50.9 Å². The van der Waals surface area contributed by atoms with Gasteiger partial charge in [-0.05, 0) is 24.6 Å². The first-order valence-corrected chi connectivity index (χ1v) is 10.6. The molecule has 0 saturated carbocycles. The molecule has 144 valence electrons. The zero-order valence-electron chi connectivity index (χ0n) is 14.7. The van der Waals surface area contributed by atoms with E-state index in [1.165, 1.54) is 0 Å². The molecule has 7 nitrogen and oxygen atoms in total. The summed E-state index contributed by atoms with van der Waals surface area (Å²) in [6.07, 6.45) is 0. The fraction of sp³-hybridized carbons (Fsp3) is 0.438. The number of hydrogen-bond donors (Lipinski definition) is 0. The highest BCUT2D eigenvalue weighted by Crippen LogP contribution is 2.50. The minimum Gasteiger partial charge on any atom is -0.424 e. The van der Waals surface area contributed by atoms with Crippen LogP contribution in [0.15, 0.2) is 27.4 Å². The second-order valence-corrected chi connectivity index (χ2v) is 8.49. The zero-order chi connectivity index (χ0) is 19.2. The molecule has 10 heteroatoms. The van der Waals surface area contributed by atoms with Crippen molar-refractivity contribution in [2.45, 2.75) is 6.92 Å². The number of benzene rings is 1. The number of hydrogen-bond acceptors (Lipinski definition) is 8. The number of aryl methyl sites for hydroxylation is 1. The average Bonchev–Trinajstić information content (AvgIpc) is 2.60. The van der Waals surface area contributed by atoms with Crippen LogP contribution in [-0.2, 0) is 30.3 Å². The van der Waals surface area contributed by atoms with Crippen LogP contribution >= 0.6 is 18.3 Å². The predicted octanol–water partition coefficient (Wildman–Crippen LogP) is 3.68. The SMILES string of the molecule is COCCOP(=S)(OCCOC)Oc1ccc2c(C)c(Cl)c(=O)oc2c1. The molecule has 0 N–H and O–H groups in total. The molecule has 0 saturated heterocycles. The zero-order valence-corrected chi connectivity index (χ0v) is 17.1. The molecule has 0 atom stereocenters. The van der Waals surface area contributed by atoms with Crippen LogP contribution in [-0.4, -0.2) is 40.6 Å². The Balaban J connectivity index is 2.27. The second kappa shape index (κ2) is 9.80. The van der Waals surface area contributed by atoms with Crippen LogP contribution in [0.1, 0.15) is 5.56 Å². The summed E-state index contributed by atoms with van der Waals surface area (Å²) in [5.41, 5.74) is 0.363. The van der Waals surface area contributed by atoms with Crippen LogP contribution in [0.5, 0.6) is 5.75 Å². The van der Waals surface area contributed by atoms with Gasteiger partial charge in [0.05, 0.1) is 26.4 Å². The summed E-state index contributed by atoms with van der Waals surface area (Å²) in [6.45, 7) is -0.206. The Morgan fingerprint density at radius 3 is 2.31 bits per heavy atom. The fourth-order valence-corrected chi connectivity index (χ4v) is 4.05. The minimum absolute atomic E-state index is 0.0575. The summed E-state index contributed by atoms with van der Waals surface area (Å²) < 4.78 is 32.1. The first-order valence-electron chi connectivity index (χ1n) is 7.70. The molecule has 0 unspecified atom stereocenters. The maximum atomic E-state index is 11.8. The first-order chi connectivity index (χ1) is 12.4. The molecular formula is C16H20ClO7PS. The summed E-state index contributed by atoms with van der Waals surface area (Å²) in [5, 5.41) is 0.762. The van der Waals surface area contributed by atoms with Gasteiger partial charge in [-0.3, -0.25) is 9.05 Å². The summed E-state index contributed by atoms with van der Waals surface area (Å²) in [7, 11) is 3.11. The Morgan fingerprint density at radius 1 is 1.12 bits per heavy atom. The maximum Gasteiger partial charge on any atom is 0.380 e. The van der Waals surface area contributed by atoms with Crippen molar-refractivity contribution in [2.24, 2.45) is 0 Å². The molecular weight excluding hydrogens is 403 g/mol. The molecule has 1 heterocycles. The third-order valence-electron chi connectivity index (χ3n) is 3.36. The quantitative estimate of drug-likeness (QED) is 0.326. The third kappa shape index (κ3) is 5.50. The molecule has 2 rings (SSSR count). The standard InChI is InChI=1S/C16H20ClO7PS/c1-11-13-5-4-12(10-14(13)23-16(18)15(11)17)24-25(26,21-8-6-19-2)22-9-7-20-3/h4-5,10H,6-9H2,1-3H3. The molecule has 0 spiro atoms. The van der Waals surface area contributed by atoms with Crippen molar-refractivity contribution in [2.75, 3.05) is 40.6 Å². The second-order valence-electron chi connectivity index (χ2n) is 5.18. The van der Waals surface area contributed by atoms with Crippen LogP contribution < -0.4 is 10.1 Å². The van der Waals surface area contributed by atoms with Crippen molar-refractivity contribution in [1.82, 2.24) is 0 Å². The van der Waals surface area contributed by atoms with Gasteiger partial charge in [0, 0.05) is 37.5 Å². The molecule has 0 amide bonds. The van der Waals surface area contributed by atoms with E-state index in [1.54, 1.807) is 39.3 Å². The number of fused-ring (bicyclic) bond motifs is 1. The summed E-state index contributed by atoms with van der Waals surface area (Å²) in [6, 6.07) is 4.98. The van der Waals surface area contributed by atoms with E-state index in [-0.39, 0.29) is 18.2 Å². The van der Waals surface area contributed by atoms with Gasteiger partial charge in [-0.2, -0.15) is 0 Å². The minimum atomic E-state index is -3.08. The van der Waals surface area contributed by atoms with Gasteiger partial charge in [-0.25, -0.2) is 4.79 Å². The van der Waals surface area contributed by atoms with Crippen molar-refractivity contribution < 1.29 is 27.5 Å². The monoisotopic (exact) mass is 422 g/mol. The first kappa shape index (κ1) is 21.3. The Labute approximate surface area is 161 Å². The van der Waals surface area contributed by atoms with Crippen LogP contribution in [0.4, 0.5) is 0 Å². The van der Waals surface area contributed by atoms with Crippen molar-refractivity contribution in [1.29, 1.82) is 0 Å². The maximum absolute atomic E-state index is 11.8. The van der Waals surface area contributed by atoms with E-state index < -0.39 is 12.3 Å². The molecule has 0 aliphatic heterocycles. The Bertz CT molecular complexity index is 840. The molecule has 0 fully saturated rings. The Morgan fingerprint density at radius 2 is 1.73 bits per heavy atom. The van der Waals surface area contributed by atoms with Gasteiger partial charge in [0.15, 0.2) is 0 Å². The van der Waals surface area contributed by atoms with Crippen LogP contribution in [0.2, 0.25) is 5.02 Å². The van der Waals surface area contributed by atoms with E-state index in [1.807, 2.05) is 0 Å². The molecule has 1 aromatic heterocycles. The van der Waals surface area contributed by atoms with Crippen molar-refractivity contribution >= 4 is 41.1 Å². The van der Waals surface area contributed by atoms with Gasteiger partial charge < -0.3 is 18.4 Å². The lowest BCUT2D eigenvalue weighted by atomic mass is 10.1. The fourth-order valence-electron chi connectivity index (χ4n) is 2.05. The lowest BCUT2D eigenvalue weighted by molar-refractivity contribution is 0.106. The largest absolute Gasteiger partial charge is 0.424 e. The molecule has 0 radical (unpaired) electrons. The van der Waals surface area contributed by atoms with E-state index in [0.29, 0.717) is 35.5 Å². The predicted molar refractivity (Wildman–Crippen MR) is 103 cm³/mol. The molecule has 0 bridgehead atoms. The number of ether oxygens (including phenoxy) is 2. The van der Waals surface area contributed by atoms with Crippen molar-refractivity contribution in [3.63, 3.8) is 0 Å². The van der Waals surface area contributed by atoms with E-state index in [9.17, 15) is 4.79 Å². The van der Waals surface area contributed by atoms with Gasteiger partial charge in [0.2, 0.25) is 0 Å². The van der Waals surface area contributed by atoms with Crippen LogP contribution in [0.25, 0.3) is 11.0 Å². The molecule has 0 aliphatic carbocycles. The van der Waals surface area contributed by atoms with Crippen molar-refractivity contribution in [3.05, 3.63) is 39.2 Å². The number of methoxy groups -OCH3 is 2. The van der Waals surface area contributed by atoms with E-state index in [2.05, 4.69) is 0 Å². The molecule has 2 aromatic rings. The van der Waals surface area contributed by atoms with Gasteiger partial charge in [-0.1, -0.05) is 11.6 Å². The van der Waals surface area contributed by atoms with Crippen molar-refractivity contribution in [3.8, 4) is 5.75 Å². The molecule has 1 aromatic carbocycles. The normalized spacial score (nSPS) is 11.8. The van der Waals surface area contributed by atoms with Gasteiger partial charge in [0.1, 0.15) is 16.4 Å². The third-order valence-corrected chi connectivity index (χ3v) is 6.08. The number of rotatable bonds is 10. The average molecular weight is 423 g/mol. The molecule has 26 heavy (non-hydrogen) atoms. The van der Waals surface area contributed by atoms with Crippen LogP contribution in [0.3, 0.4) is 0 Å². The van der Waals surface area contributed by atoms with E-state index in [0.717, 1.165) is 0 Å². The molecule has 0 aliphatic rings. The topological polar surface area (TPSA) is 76.4 Å². The number of halogens is 1. The smallest absolute Gasteiger partial charge is 0.380 e.